The molecule has 2 aromatic carbocycles. The summed E-state index contributed by atoms with van der Waals surface area (Å²) in [5, 5.41) is 8.55. The smallest absolute Gasteiger partial charge is 0.237 e. The largest absolute Gasteiger partial charge is 0.454 e. The molecule has 29 heavy (non-hydrogen) atoms. The van der Waals surface area contributed by atoms with E-state index in [0.717, 1.165) is 22.6 Å². The van der Waals surface area contributed by atoms with E-state index < -0.39 is 0 Å². The number of aryl methyl sites for hydroxylation is 1. The van der Waals surface area contributed by atoms with Gasteiger partial charge in [-0.15, -0.1) is 11.3 Å². The Morgan fingerprint density at radius 2 is 1.90 bits per heavy atom. The van der Waals surface area contributed by atoms with Crippen molar-refractivity contribution in [3.8, 4) is 11.5 Å². The Labute approximate surface area is 174 Å². The van der Waals surface area contributed by atoms with Crippen molar-refractivity contribution >= 4 is 17.2 Å². The van der Waals surface area contributed by atoms with Crippen LogP contribution in [0, 0.1) is 6.92 Å². The van der Waals surface area contributed by atoms with Crippen LogP contribution in [-0.2, 0) is 11.3 Å². The van der Waals surface area contributed by atoms with Crippen LogP contribution in [0.15, 0.2) is 60.0 Å². The van der Waals surface area contributed by atoms with E-state index in [2.05, 4.69) is 53.3 Å². The first-order chi connectivity index (χ1) is 14.1. The maximum atomic E-state index is 12.7. The van der Waals surface area contributed by atoms with Gasteiger partial charge in [0.2, 0.25) is 12.7 Å². The molecule has 2 heterocycles. The number of rotatable bonds is 7. The van der Waals surface area contributed by atoms with Gasteiger partial charge in [-0.05, 0) is 48.6 Å². The lowest BCUT2D eigenvalue weighted by molar-refractivity contribution is -0.123. The van der Waals surface area contributed by atoms with E-state index in [9.17, 15) is 4.79 Å². The Kier molecular flexibility index (Phi) is 5.83. The summed E-state index contributed by atoms with van der Waals surface area (Å²) < 4.78 is 10.7. The maximum absolute atomic E-state index is 12.7. The number of benzene rings is 2. The molecular formula is C23H24N2O3S. The number of carbonyl (C=O) groups excluding carboxylic acids is 1. The fraction of sp³-hybridized carbons (Fsp3) is 0.261. The number of thiophene rings is 1. The van der Waals surface area contributed by atoms with Gasteiger partial charge in [0, 0.05) is 11.4 Å². The Hall–Kier alpha value is -2.83. The molecule has 1 aromatic heterocycles. The molecule has 0 bridgehead atoms. The van der Waals surface area contributed by atoms with Gasteiger partial charge in [-0.25, -0.2) is 0 Å². The fourth-order valence-electron chi connectivity index (χ4n) is 3.28. The molecule has 150 valence electrons. The summed E-state index contributed by atoms with van der Waals surface area (Å²) in [5.74, 6) is 1.42. The molecule has 0 saturated carbocycles. The molecule has 0 radical (unpaired) electrons. The van der Waals surface area contributed by atoms with Crippen LogP contribution in [-0.4, -0.2) is 18.7 Å². The minimum atomic E-state index is -0.350. The van der Waals surface area contributed by atoms with E-state index in [0.29, 0.717) is 6.54 Å². The van der Waals surface area contributed by atoms with E-state index >= 15 is 0 Å². The van der Waals surface area contributed by atoms with Gasteiger partial charge in [-0.1, -0.05) is 42.0 Å². The summed E-state index contributed by atoms with van der Waals surface area (Å²) in [7, 11) is 0. The van der Waals surface area contributed by atoms with Crippen molar-refractivity contribution in [1.82, 2.24) is 10.6 Å². The number of ether oxygens (including phenoxy) is 2. The van der Waals surface area contributed by atoms with Crippen LogP contribution in [0.25, 0.3) is 0 Å². The summed E-state index contributed by atoms with van der Waals surface area (Å²) >= 11 is 1.69. The van der Waals surface area contributed by atoms with Crippen molar-refractivity contribution in [2.24, 2.45) is 0 Å². The second kappa shape index (κ2) is 8.68. The first-order valence-corrected chi connectivity index (χ1v) is 10.5. The molecule has 5 nitrogen and oxygen atoms in total. The van der Waals surface area contributed by atoms with E-state index in [1.165, 1.54) is 10.4 Å². The highest BCUT2D eigenvalue weighted by Gasteiger charge is 2.21. The quantitative estimate of drug-likeness (QED) is 0.616. The van der Waals surface area contributed by atoms with Crippen molar-refractivity contribution in [2.75, 3.05) is 6.79 Å². The van der Waals surface area contributed by atoms with Crippen LogP contribution in [0.4, 0.5) is 0 Å². The molecular weight excluding hydrogens is 384 g/mol. The van der Waals surface area contributed by atoms with Gasteiger partial charge in [-0.3, -0.25) is 10.1 Å². The summed E-state index contributed by atoms with van der Waals surface area (Å²) in [4.78, 5) is 13.9. The Bertz CT molecular complexity index is 970. The summed E-state index contributed by atoms with van der Waals surface area (Å²) in [6, 6.07) is 17.9. The zero-order valence-electron chi connectivity index (χ0n) is 16.5. The number of hydrogen-bond acceptors (Lipinski definition) is 5. The van der Waals surface area contributed by atoms with Crippen LogP contribution < -0.4 is 20.1 Å². The molecule has 4 rings (SSSR count). The van der Waals surface area contributed by atoms with E-state index in [4.69, 9.17) is 9.47 Å². The second-order valence-corrected chi connectivity index (χ2v) is 8.13. The molecule has 0 aliphatic carbocycles. The van der Waals surface area contributed by atoms with Crippen molar-refractivity contribution in [1.29, 1.82) is 0 Å². The highest BCUT2D eigenvalue weighted by molar-refractivity contribution is 7.10. The van der Waals surface area contributed by atoms with Crippen molar-refractivity contribution in [3.63, 3.8) is 0 Å². The fourth-order valence-corrected chi connectivity index (χ4v) is 4.09. The molecule has 2 atom stereocenters. The van der Waals surface area contributed by atoms with Gasteiger partial charge in [0.15, 0.2) is 11.5 Å². The van der Waals surface area contributed by atoms with E-state index in [1.54, 1.807) is 11.3 Å². The third-order valence-corrected chi connectivity index (χ3v) is 5.89. The predicted molar refractivity (Wildman–Crippen MR) is 114 cm³/mol. The molecule has 0 spiro atoms. The van der Waals surface area contributed by atoms with Crippen LogP contribution in [0.2, 0.25) is 0 Å². The van der Waals surface area contributed by atoms with Crippen LogP contribution in [0.1, 0.15) is 34.5 Å². The van der Waals surface area contributed by atoms with Gasteiger partial charge >= 0.3 is 0 Å². The zero-order chi connectivity index (χ0) is 20.2. The number of hydrogen-bond donors (Lipinski definition) is 2. The molecule has 6 heteroatoms. The molecule has 0 saturated heterocycles. The standard InChI is InChI=1S/C23H24N2O3S/c1-15-5-8-18(9-6-15)22(21-4-3-11-29-21)25-16(2)23(26)24-13-17-7-10-19-20(12-17)28-14-27-19/h3-12,16,22,25H,13-14H2,1-2H3,(H,24,26)/t16-,22+/m0/s1. The molecule has 0 fully saturated rings. The average Bonchev–Trinajstić information content (AvgIpc) is 3.42. The summed E-state index contributed by atoms with van der Waals surface area (Å²) in [5.41, 5.74) is 3.34. The summed E-state index contributed by atoms with van der Waals surface area (Å²) in [6.45, 7) is 4.65. The average molecular weight is 409 g/mol. The topological polar surface area (TPSA) is 59.6 Å². The Morgan fingerprint density at radius 1 is 1.10 bits per heavy atom. The van der Waals surface area contributed by atoms with Gasteiger partial charge in [0.05, 0.1) is 12.1 Å². The Balaban J connectivity index is 1.41. The molecule has 3 aromatic rings. The predicted octanol–water partition coefficient (Wildman–Crippen LogP) is 4.17. The highest BCUT2D eigenvalue weighted by Crippen LogP contribution is 2.32. The minimum Gasteiger partial charge on any atom is -0.454 e. The monoisotopic (exact) mass is 408 g/mol. The minimum absolute atomic E-state index is 0.0260. The maximum Gasteiger partial charge on any atom is 0.237 e. The number of fused-ring (bicyclic) bond motifs is 1. The number of nitrogens with one attached hydrogen (secondary N) is 2. The van der Waals surface area contributed by atoms with Crippen molar-refractivity contribution in [2.45, 2.75) is 32.5 Å². The SMILES string of the molecule is Cc1ccc([C@@H](N[C@@H](C)C(=O)NCc2ccc3c(c2)OCO3)c2cccs2)cc1. The molecule has 1 aliphatic rings. The van der Waals surface area contributed by atoms with Gasteiger partial charge < -0.3 is 14.8 Å². The number of amides is 1. The van der Waals surface area contributed by atoms with Gasteiger partial charge in [0.1, 0.15) is 0 Å². The molecule has 0 unspecified atom stereocenters. The van der Waals surface area contributed by atoms with E-state index in [1.807, 2.05) is 31.2 Å². The van der Waals surface area contributed by atoms with Gasteiger partial charge in [-0.2, -0.15) is 0 Å². The second-order valence-electron chi connectivity index (χ2n) is 7.15. The highest BCUT2D eigenvalue weighted by atomic mass is 32.1. The van der Waals surface area contributed by atoms with Crippen LogP contribution in [0.5, 0.6) is 11.5 Å². The summed E-state index contributed by atoms with van der Waals surface area (Å²) in [6.07, 6.45) is 0. The lowest BCUT2D eigenvalue weighted by Gasteiger charge is -2.23. The third kappa shape index (κ3) is 4.60. The molecule has 1 amide bonds. The van der Waals surface area contributed by atoms with Crippen LogP contribution >= 0.6 is 11.3 Å². The zero-order valence-corrected chi connectivity index (χ0v) is 17.3. The Morgan fingerprint density at radius 3 is 2.66 bits per heavy atom. The van der Waals surface area contributed by atoms with E-state index in [-0.39, 0.29) is 24.8 Å². The van der Waals surface area contributed by atoms with Gasteiger partial charge in [0.25, 0.3) is 0 Å². The third-order valence-electron chi connectivity index (χ3n) is 4.95. The van der Waals surface area contributed by atoms with Crippen molar-refractivity contribution in [3.05, 3.63) is 81.5 Å². The first kappa shape index (κ1) is 19.5. The molecule has 2 N–H and O–H groups in total. The van der Waals surface area contributed by atoms with Crippen molar-refractivity contribution < 1.29 is 14.3 Å². The number of carbonyl (C=O) groups is 1. The van der Waals surface area contributed by atoms with Crippen LogP contribution in [0.3, 0.4) is 0 Å². The lowest BCUT2D eigenvalue weighted by atomic mass is 10.0. The normalized spacial score (nSPS) is 14.4. The molecule has 1 aliphatic heterocycles. The lowest BCUT2D eigenvalue weighted by Crippen LogP contribution is -2.43. The first-order valence-electron chi connectivity index (χ1n) is 9.62.